The summed E-state index contributed by atoms with van der Waals surface area (Å²) >= 11 is 1.57. The fourth-order valence-electron chi connectivity index (χ4n) is 1.51. The average molecular weight is 262 g/mol. The monoisotopic (exact) mass is 262 g/mol. The molecule has 1 heterocycles. The second-order valence-corrected chi connectivity index (χ2v) is 4.66. The fourth-order valence-corrected chi connectivity index (χ4v) is 2.27. The second kappa shape index (κ2) is 5.61. The SMILES string of the molecule is Cc1ncsc1CCOc1ccc(C#N)cc1F. The zero-order chi connectivity index (χ0) is 13.0. The molecular formula is C13H11FN2OS. The van der Waals surface area contributed by atoms with Gasteiger partial charge in [0, 0.05) is 11.3 Å². The van der Waals surface area contributed by atoms with Crippen LogP contribution in [0.3, 0.4) is 0 Å². The summed E-state index contributed by atoms with van der Waals surface area (Å²) in [6.45, 7) is 2.33. The first-order valence-electron chi connectivity index (χ1n) is 5.42. The molecule has 0 radical (unpaired) electrons. The van der Waals surface area contributed by atoms with Gasteiger partial charge in [0.2, 0.25) is 0 Å². The average Bonchev–Trinajstić information content (AvgIpc) is 2.77. The quantitative estimate of drug-likeness (QED) is 0.850. The lowest BCUT2D eigenvalue weighted by molar-refractivity contribution is 0.306. The second-order valence-electron chi connectivity index (χ2n) is 3.72. The standard InChI is InChI=1S/C13H11FN2OS/c1-9-13(18-8-16-9)4-5-17-12-3-2-10(7-15)6-11(12)14/h2-3,6,8H,4-5H2,1H3. The minimum absolute atomic E-state index is 0.177. The van der Waals surface area contributed by atoms with E-state index in [-0.39, 0.29) is 11.3 Å². The molecule has 92 valence electrons. The molecule has 0 fully saturated rings. The zero-order valence-electron chi connectivity index (χ0n) is 9.81. The van der Waals surface area contributed by atoms with E-state index in [0.29, 0.717) is 13.0 Å². The summed E-state index contributed by atoms with van der Waals surface area (Å²) in [6.07, 6.45) is 0.704. The predicted molar refractivity (Wildman–Crippen MR) is 67.2 cm³/mol. The number of hydrogen-bond acceptors (Lipinski definition) is 4. The number of aryl methyl sites for hydroxylation is 1. The van der Waals surface area contributed by atoms with Gasteiger partial charge in [0.1, 0.15) is 0 Å². The molecule has 2 aromatic rings. The zero-order valence-corrected chi connectivity index (χ0v) is 10.6. The van der Waals surface area contributed by atoms with Crippen molar-refractivity contribution in [2.45, 2.75) is 13.3 Å². The molecule has 0 atom stereocenters. The Hall–Kier alpha value is -1.93. The van der Waals surface area contributed by atoms with Crippen LogP contribution in [0.2, 0.25) is 0 Å². The van der Waals surface area contributed by atoms with Crippen LogP contribution in [-0.4, -0.2) is 11.6 Å². The van der Waals surface area contributed by atoms with Gasteiger partial charge in [-0.25, -0.2) is 9.37 Å². The minimum atomic E-state index is -0.505. The van der Waals surface area contributed by atoms with Crippen LogP contribution in [0.25, 0.3) is 0 Å². The lowest BCUT2D eigenvalue weighted by atomic mass is 10.2. The van der Waals surface area contributed by atoms with E-state index in [1.807, 2.05) is 13.0 Å². The summed E-state index contributed by atoms with van der Waals surface area (Å²) in [7, 11) is 0. The first kappa shape index (κ1) is 12.5. The van der Waals surface area contributed by atoms with Crippen LogP contribution >= 0.6 is 11.3 Å². The van der Waals surface area contributed by atoms with E-state index >= 15 is 0 Å². The maximum absolute atomic E-state index is 13.5. The Morgan fingerprint density at radius 1 is 1.50 bits per heavy atom. The van der Waals surface area contributed by atoms with Crippen LogP contribution < -0.4 is 4.74 Å². The van der Waals surface area contributed by atoms with E-state index in [2.05, 4.69) is 4.98 Å². The molecule has 0 saturated carbocycles. The molecule has 0 amide bonds. The fraction of sp³-hybridized carbons (Fsp3) is 0.231. The van der Waals surface area contributed by atoms with E-state index in [4.69, 9.17) is 10.00 Å². The highest BCUT2D eigenvalue weighted by Crippen LogP contribution is 2.19. The van der Waals surface area contributed by atoms with Gasteiger partial charge in [0.05, 0.1) is 29.4 Å². The van der Waals surface area contributed by atoms with Crippen molar-refractivity contribution in [1.29, 1.82) is 5.26 Å². The summed E-state index contributed by atoms with van der Waals surface area (Å²) in [5, 5.41) is 8.62. The number of benzene rings is 1. The lowest BCUT2D eigenvalue weighted by Crippen LogP contribution is -2.02. The molecule has 18 heavy (non-hydrogen) atoms. The Bertz CT molecular complexity index is 589. The van der Waals surface area contributed by atoms with Crippen molar-refractivity contribution in [3.05, 3.63) is 45.7 Å². The summed E-state index contributed by atoms with van der Waals surface area (Å²) < 4.78 is 18.9. The first-order valence-corrected chi connectivity index (χ1v) is 6.30. The van der Waals surface area contributed by atoms with Gasteiger partial charge in [-0.3, -0.25) is 0 Å². The van der Waals surface area contributed by atoms with Crippen molar-refractivity contribution >= 4 is 11.3 Å². The first-order chi connectivity index (χ1) is 8.70. The van der Waals surface area contributed by atoms with Crippen molar-refractivity contribution in [1.82, 2.24) is 4.98 Å². The van der Waals surface area contributed by atoms with Crippen LogP contribution in [0, 0.1) is 24.1 Å². The Labute approximate surface area is 108 Å². The van der Waals surface area contributed by atoms with Gasteiger partial charge < -0.3 is 4.74 Å². The van der Waals surface area contributed by atoms with Crippen molar-refractivity contribution < 1.29 is 9.13 Å². The number of rotatable bonds is 4. The Morgan fingerprint density at radius 3 is 2.94 bits per heavy atom. The van der Waals surface area contributed by atoms with Gasteiger partial charge in [0.25, 0.3) is 0 Å². The molecular weight excluding hydrogens is 251 g/mol. The predicted octanol–water partition coefficient (Wildman–Crippen LogP) is 3.08. The van der Waals surface area contributed by atoms with Crippen molar-refractivity contribution in [2.75, 3.05) is 6.61 Å². The van der Waals surface area contributed by atoms with E-state index in [1.54, 1.807) is 16.8 Å². The van der Waals surface area contributed by atoms with E-state index in [1.165, 1.54) is 18.2 Å². The molecule has 0 bridgehead atoms. The topological polar surface area (TPSA) is 45.9 Å². The number of nitrogens with zero attached hydrogens (tertiary/aromatic N) is 2. The molecule has 2 rings (SSSR count). The van der Waals surface area contributed by atoms with Crippen molar-refractivity contribution in [3.63, 3.8) is 0 Å². The highest BCUT2D eigenvalue weighted by molar-refractivity contribution is 7.09. The van der Waals surface area contributed by atoms with E-state index in [0.717, 1.165) is 10.6 Å². The Kier molecular flexibility index (Phi) is 3.90. The summed E-state index contributed by atoms with van der Waals surface area (Å²) in [5.74, 6) is -0.328. The number of nitriles is 1. The van der Waals surface area contributed by atoms with Gasteiger partial charge >= 0.3 is 0 Å². The third-order valence-corrected chi connectivity index (χ3v) is 3.49. The van der Waals surface area contributed by atoms with Crippen LogP contribution in [0.5, 0.6) is 5.75 Å². The van der Waals surface area contributed by atoms with Crippen LogP contribution in [0.1, 0.15) is 16.1 Å². The maximum atomic E-state index is 13.5. The number of ether oxygens (including phenoxy) is 1. The molecule has 0 aliphatic heterocycles. The number of halogens is 1. The molecule has 3 nitrogen and oxygen atoms in total. The number of aromatic nitrogens is 1. The molecule has 0 saturated heterocycles. The van der Waals surface area contributed by atoms with Gasteiger partial charge in [-0.1, -0.05) is 0 Å². The Balaban J connectivity index is 1.95. The van der Waals surface area contributed by atoms with Crippen molar-refractivity contribution in [2.24, 2.45) is 0 Å². The van der Waals surface area contributed by atoms with Crippen LogP contribution in [0.15, 0.2) is 23.7 Å². The van der Waals surface area contributed by atoms with Gasteiger partial charge in [-0.2, -0.15) is 5.26 Å². The molecule has 0 aliphatic carbocycles. The lowest BCUT2D eigenvalue weighted by Gasteiger charge is -2.06. The Morgan fingerprint density at radius 2 is 2.33 bits per heavy atom. The van der Waals surface area contributed by atoms with Crippen LogP contribution in [0.4, 0.5) is 4.39 Å². The van der Waals surface area contributed by atoms with Gasteiger partial charge in [0.15, 0.2) is 11.6 Å². The summed E-state index contributed by atoms with van der Waals surface area (Å²) in [6, 6.07) is 6.07. The number of thiazole rings is 1. The molecule has 0 aliphatic rings. The molecule has 0 unspecified atom stereocenters. The molecule has 1 aromatic carbocycles. The van der Waals surface area contributed by atoms with Crippen molar-refractivity contribution in [3.8, 4) is 11.8 Å². The third-order valence-electron chi connectivity index (χ3n) is 2.49. The maximum Gasteiger partial charge on any atom is 0.166 e. The number of hydrogen-bond donors (Lipinski definition) is 0. The van der Waals surface area contributed by atoms with E-state index in [9.17, 15) is 4.39 Å². The highest BCUT2D eigenvalue weighted by Gasteiger charge is 2.06. The minimum Gasteiger partial charge on any atom is -0.490 e. The smallest absolute Gasteiger partial charge is 0.166 e. The summed E-state index contributed by atoms with van der Waals surface area (Å²) in [5.41, 5.74) is 3.06. The molecule has 5 heteroatoms. The van der Waals surface area contributed by atoms with Gasteiger partial charge in [-0.05, 0) is 25.1 Å². The summed E-state index contributed by atoms with van der Waals surface area (Å²) in [4.78, 5) is 5.28. The molecule has 0 spiro atoms. The molecule has 0 N–H and O–H groups in total. The van der Waals surface area contributed by atoms with Gasteiger partial charge in [-0.15, -0.1) is 11.3 Å². The van der Waals surface area contributed by atoms with E-state index < -0.39 is 5.82 Å². The normalized spacial score (nSPS) is 10.1. The third kappa shape index (κ3) is 2.84. The molecule has 1 aromatic heterocycles. The van der Waals surface area contributed by atoms with Crippen LogP contribution in [-0.2, 0) is 6.42 Å². The largest absolute Gasteiger partial charge is 0.490 e. The highest BCUT2D eigenvalue weighted by atomic mass is 32.1.